The molecular weight excluding hydrogens is 511 g/mol. The number of halogens is 2. The van der Waals surface area contributed by atoms with Gasteiger partial charge in [-0.2, -0.15) is 0 Å². The molecule has 1 N–H and O–H groups in total. The fraction of sp³-hybridized carbons (Fsp3) is 0.0417. The molecule has 2 heterocycles. The minimum Gasteiger partial charge on any atom is -0.495 e. The van der Waals surface area contributed by atoms with Crippen LogP contribution in [0.4, 0.5) is 10.2 Å². The van der Waals surface area contributed by atoms with Crippen molar-refractivity contribution < 1.29 is 22.1 Å². The van der Waals surface area contributed by atoms with Gasteiger partial charge in [0.1, 0.15) is 17.8 Å². The minimum absolute atomic E-state index is 0.0179. The molecule has 9 nitrogen and oxygen atoms in total. The van der Waals surface area contributed by atoms with Crippen LogP contribution < -0.4 is 15.0 Å². The number of anilines is 1. The Labute approximate surface area is 208 Å². The normalized spacial score (nSPS) is 11.5. The molecule has 5 aromatic rings. The van der Waals surface area contributed by atoms with E-state index >= 15 is 0 Å². The van der Waals surface area contributed by atoms with Crippen molar-refractivity contribution in [1.82, 2.24) is 14.7 Å². The highest BCUT2D eigenvalue weighted by molar-refractivity contribution is 7.92. The summed E-state index contributed by atoms with van der Waals surface area (Å²) in [5.41, 5.74) is 1.93. The highest BCUT2D eigenvalue weighted by Gasteiger charge is 2.19. The second kappa shape index (κ2) is 9.10. The van der Waals surface area contributed by atoms with Gasteiger partial charge in [-0.05, 0) is 53.6 Å². The van der Waals surface area contributed by atoms with E-state index in [-0.39, 0.29) is 21.3 Å². The Hall–Kier alpha value is -4.22. The number of nitrogens with zero attached hydrogens (tertiary/aromatic N) is 3. The topological polar surface area (TPSA) is 116 Å². The molecule has 0 aliphatic heterocycles. The summed E-state index contributed by atoms with van der Waals surface area (Å²) in [7, 11) is -2.53. The maximum absolute atomic E-state index is 13.6. The molecule has 3 aromatic carbocycles. The van der Waals surface area contributed by atoms with Crippen LogP contribution in [0.3, 0.4) is 0 Å². The summed E-state index contributed by atoms with van der Waals surface area (Å²) in [4.78, 5) is 16.9. The molecule has 0 saturated heterocycles. The fourth-order valence-electron chi connectivity index (χ4n) is 3.69. The smallest absolute Gasteiger partial charge is 0.274 e. The van der Waals surface area contributed by atoms with E-state index in [1.165, 1.54) is 54.3 Å². The third-order valence-electron chi connectivity index (χ3n) is 5.38. The second-order valence-corrected chi connectivity index (χ2v) is 9.68. The van der Waals surface area contributed by atoms with Crippen molar-refractivity contribution in [3.63, 3.8) is 0 Å². The van der Waals surface area contributed by atoms with E-state index in [1.807, 2.05) is 0 Å². The van der Waals surface area contributed by atoms with E-state index in [0.29, 0.717) is 28.1 Å². The highest BCUT2D eigenvalue weighted by atomic mass is 35.5. The second-order valence-electron chi connectivity index (χ2n) is 7.59. The lowest BCUT2D eigenvalue weighted by atomic mass is 10.0. The molecule has 0 radical (unpaired) electrons. The Bertz CT molecular complexity index is 1770. The number of aromatic nitrogens is 3. The first kappa shape index (κ1) is 23.5. The van der Waals surface area contributed by atoms with Crippen LogP contribution in [-0.4, -0.2) is 30.2 Å². The van der Waals surface area contributed by atoms with E-state index in [4.69, 9.17) is 16.3 Å². The number of hydrogen-bond donors (Lipinski definition) is 1. The standard InChI is InChI=1S/C24H16ClFN4O5S/c1-34-22-11-15(14-2-5-18(26)17(25)10-14)3-6-21(22)30-20-7-4-16(12-19(20)27-13-24(30)31)36(32,33)29-23-8-9-35-28-23/h2-13H,1H3,(H,28,29). The van der Waals surface area contributed by atoms with E-state index in [2.05, 4.69) is 19.4 Å². The quantitative estimate of drug-likeness (QED) is 0.342. The van der Waals surface area contributed by atoms with Crippen LogP contribution in [0.5, 0.6) is 5.75 Å². The van der Waals surface area contributed by atoms with Gasteiger partial charge < -0.3 is 9.26 Å². The van der Waals surface area contributed by atoms with Gasteiger partial charge >= 0.3 is 0 Å². The third-order valence-corrected chi connectivity index (χ3v) is 7.02. The van der Waals surface area contributed by atoms with Crippen LogP contribution in [0.2, 0.25) is 5.02 Å². The molecule has 0 atom stereocenters. The van der Waals surface area contributed by atoms with E-state index in [9.17, 15) is 17.6 Å². The first-order chi connectivity index (χ1) is 17.3. The molecule has 0 aliphatic rings. The maximum atomic E-state index is 13.6. The number of nitrogens with one attached hydrogen (secondary N) is 1. The summed E-state index contributed by atoms with van der Waals surface area (Å²) in [5, 5.41) is 3.53. The predicted octanol–water partition coefficient (Wildman–Crippen LogP) is 4.64. The Kier molecular flexibility index (Phi) is 5.94. The van der Waals surface area contributed by atoms with Gasteiger partial charge in [-0.1, -0.05) is 28.9 Å². The van der Waals surface area contributed by atoms with Crippen LogP contribution in [0.25, 0.3) is 27.8 Å². The number of hydrogen-bond acceptors (Lipinski definition) is 7. The first-order valence-corrected chi connectivity index (χ1v) is 12.2. The summed E-state index contributed by atoms with van der Waals surface area (Å²) in [6, 6.07) is 15.0. The molecular formula is C24H16ClFN4O5S. The first-order valence-electron chi connectivity index (χ1n) is 10.4. The van der Waals surface area contributed by atoms with Gasteiger partial charge in [0, 0.05) is 6.07 Å². The molecule has 0 aliphatic carbocycles. The molecule has 2 aromatic heterocycles. The van der Waals surface area contributed by atoms with Crippen molar-refractivity contribution >= 4 is 38.5 Å². The van der Waals surface area contributed by atoms with Crippen molar-refractivity contribution in [1.29, 1.82) is 0 Å². The minimum atomic E-state index is -3.98. The number of rotatable bonds is 6. The van der Waals surface area contributed by atoms with Crippen LogP contribution in [0, 0.1) is 5.82 Å². The van der Waals surface area contributed by atoms with E-state index < -0.39 is 21.4 Å². The lowest BCUT2D eigenvalue weighted by Crippen LogP contribution is -2.20. The van der Waals surface area contributed by atoms with Crippen LogP contribution in [0.1, 0.15) is 0 Å². The van der Waals surface area contributed by atoms with Crippen molar-refractivity contribution in [3.05, 3.63) is 94.3 Å². The molecule has 0 bridgehead atoms. The molecule has 0 unspecified atom stereocenters. The predicted molar refractivity (Wildman–Crippen MR) is 132 cm³/mol. The van der Waals surface area contributed by atoms with Gasteiger partial charge in [0.25, 0.3) is 15.6 Å². The van der Waals surface area contributed by atoms with Crippen molar-refractivity contribution in [2.24, 2.45) is 0 Å². The fourth-order valence-corrected chi connectivity index (χ4v) is 4.88. The molecule has 182 valence electrons. The van der Waals surface area contributed by atoms with Crippen LogP contribution in [-0.2, 0) is 10.0 Å². The van der Waals surface area contributed by atoms with Crippen molar-refractivity contribution in [3.8, 4) is 22.6 Å². The molecule has 0 spiro atoms. The van der Waals surface area contributed by atoms with E-state index in [1.54, 1.807) is 24.3 Å². The van der Waals surface area contributed by atoms with Gasteiger partial charge in [0.05, 0.1) is 39.9 Å². The molecule has 5 rings (SSSR count). The Morgan fingerprint density at radius 2 is 1.83 bits per heavy atom. The Morgan fingerprint density at radius 3 is 2.56 bits per heavy atom. The molecule has 12 heteroatoms. The lowest BCUT2D eigenvalue weighted by molar-refractivity contribution is 0.413. The number of fused-ring (bicyclic) bond motifs is 1. The summed E-state index contributed by atoms with van der Waals surface area (Å²) in [6.45, 7) is 0. The molecule has 0 amide bonds. The van der Waals surface area contributed by atoms with Crippen molar-refractivity contribution in [2.45, 2.75) is 4.90 Å². The zero-order valence-electron chi connectivity index (χ0n) is 18.5. The number of sulfonamides is 1. The molecule has 0 fully saturated rings. The monoisotopic (exact) mass is 526 g/mol. The lowest BCUT2D eigenvalue weighted by Gasteiger charge is -2.15. The van der Waals surface area contributed by atoms with Gasteiger partial charge in [-0.3, -0.25) is 14.1 Å². The van der Waals surface area contributed by atoms with Gasteiger partial charge in [0.15, 0.2) is 5.82 Å². The summed E-state index contributed by atoms with van der Waals surface area (Å²) >= 11 is 5.92. The zero-order chi connectivity index (χ0) is 25.4. The van der Waals surface area contributed by atoms with Gasteiger partial charge in [-0.15, -0.1) is 0 Å². The maximum Gasteiger partial charge on any atom is 0.274 e. The van der Waals surface area contributed by atoms with Crippen molar-refractivity contribution in [2.75, 3.05) is 11.8 Å². The third kappa shape index (κ3) is 4.30. The number of ether oxygens (including phenoxy) is 1. The number of benzene rings is 3. The van der Waals surface area contributed by atoms with Crippen LogP contribution in [0.15, 0.2) is 87.3 Å². The van der Waals surface area contributed by atoms with E-state index in [0.717, 1.165) is 6.20 Å². The largest absolute Gasteiger partial charge is 0.495 e. The molecule has 36 heavy (non-hydrogen) atoms. The number of methoxy groups -OCH3 is 1. The summed E-state index contributed by atoms with van der Waals surface area (Å²) < 4.78 is 52.9. The molecule has 0 saturated carbocycles. The van der Waals surface area contributed by atoms with Gasteiger partial charge in [0.2, 0.25) is 0 Å². The Morgan fingerprint density at radius 1 is 1.06 bits per heavy atom. The van der Waals surface area contributed by atoms with Crippen LogP contribution >= 0.6 is 11.6 Å². The average Bonchev–Trinajstić information content (AvgIpc) is 3.37. The Balaban J connectivity index is 1.61. The SMILES string of the molecule is COc1cc(-c2ccc(F)c(Cl)c2)ccc1-n1c(=O)cnc2cc(S(=O)(=O)Nc3ccon3)ccc21. The zero-order valence-corrected chi connectivity index (χ0v) is 20.0. The summed E-state index contributed by atoms with van der Waals surface area (Å²) in [5.74, 6) is -0.149. The summed E-state index contributed by atoms with van der Waals surface area (Å²) in [6.07, 6.45) is 2.33. The van der Waals surface area contributed by atoms with Gasteiger partial charge in [-0.25, -0.2) is 17.8 Å². The highest BCUT2D eigenvalue weighted by Crippen LogP contribution is 2.32. The average molecular weight is 527 g/mol.